The van der Waals surface area contributed by atoms with E-state index in [0.717, 1.165) is 12.4 Å². The molecule has 3 N–H and O–H groups in total. The van der Waals surface area contributed by atoms with Gasteiger partial charge in [-0.3, -0.25) is 15.0 Å². The first kappa shape index (κ1) is 43.1. The molecule has 0 radical (unpaired) electrons. The molecule has 0 saturated heterocycles. The van der Waals surface area contributed by atoms with Gasteiger partial charge in [-0.2, -0.15) is 26.3 Å². The minimum absolute atomic E-state index is 0.00917. The van der Waals surface area contributed by atoms with Crippen LogP contribution in [0.1, 0.15) is 85.4 Å². The lowest BCUT2D eigenvalue weighted by Crippen LogP contribution is -2.48. The molecule has 13 nitrogen and oxygen atoms in total. The molecule has 2 unspecified atom stereocenters. The zero-order chi connectivity index (χ0) is 42.2. The smallest absolute Gasteiger partial charge is 0.416 e. The number of rotatable bonds is 15. The van der Waals surface area contributed by atoms with Crippen LogP contribution in [0, 0.1) is 0 Å². The highest BCUT2D eigenvalue weighted by Gasteiger charge is 2.41. The lowest BCUT2D eigenvalue weighted by Gasteiger charge is -2.40. The molecule has 0 fully saturated rings. The van der Waals surface area contributed by atoms with E-state index in [0.29, 0.717) is 24.1 Å². The van der Waals surface area contributed by atoms with Gasteiger partial charge in [0.25, 0.3) is 0 Å². The predicted octanol–water partition coefficient (Wildman–Crippen LogP) is 7.87. The first-order valence-corrected chi connectivity index (χ1v) is 18.1. The normalized spacial score (nSPS) is 16.5. The summed E-state index contributed by atoms with van der Waals surface area (Å²) in [6, 6.07) is 8.69. The van der Waals surface area contributed by atoms with Gasteiger partial charge in [-0.05, 0) is 61.6 Å². The van der Waals surface area contributed by atoms with Crippen LogP contribution in [-0.4, -0.2) is 63.9 Å². The third-order valence-electron chi connectivity index (χ3n) is 9.22. The number of nitrogens with one attached hydrogen (secondary N) is 2. The van der Waals surface area contributed by atoms with E-state index in [9.17, 15) is 45.8 Å². The average Bonchev–Trinajstić information content (AvgIpc) is 3.19. The number of anilines is 2. The number of esters is 1. The predicted molar refractivity (Wildman–Crippen MR) is 196 cm³/mol. The summed E-state index contributed by atoms with van der Waals surface area (Å²) in [6.07, 6.45) is -8.89. The number of nitrogens with zero attached hydrogens (tertiary/aromatic N) is 4. The Bertz CT molecular complexity index is 2020. The van der Waals surface area contributed by atoms with Gasteiger partial charge in [-0.1, -0.05) is 37.3 Å². The summed E-state index contributed by atoms with van der Waals surface area (Å²) in [7, 11) is 1.35. The number of aromatic nitrogens is 3. The molecular weight excluding hydrogens is 778 g/mol. The van der Waals surface area contributed by atoms with Crippen LogP contribution in [0.4, 0.5) is 42.5 Å². The Labute approximate surface area is 328 Å². The highest BCUT2D eigenvalue weighted by molar-refractivity contribution is 5.90. The zero-order valence-corrected chi connectivity index (χ0v) is 31.4. The van der Waals surface area contributed by atoms with Crippen molar-refractivity contribution in [1.82, 2.24) is 20.3 Å². The van der Waals surface area contributed by atoms with E-state index >= 15 is 0 Å². The number of hydrogen-bond donors (Lipinski definition) is 3. The molecule has 4 atom stereocenters. The highest BCUT2D eigenvalue weighted by Crippen LogP contribution is 2.42. The fourth-order valence-corrected chi connectivity index (χ4v) is 6.42. The Kier molecular flexibility index (Phi) is 13.8. The minimum Gasteiger partial charge on any atom is -0.481 e. The number of alkyl halides is 6. The number of hydrogen-bond acceptors (Lipinski definition) is 11. The molecular formula is C39H40F6N6O7. The monoisotopic (exact) mass is 818 g/mol. The number of ether oxygens (including phenoxy) is 3. The molecule has 0 bridgehead atoms. The van der Waals surface area contributed by atoms with Gasteiger partial charge < -0.3 is 24.6 Å². The topological polar surface area (TPSA) is 165 Å². The van der Waals surface area contributed by atoms with E-state index in [1.165, 1.54) is 18.1 Å². The molecule has 3 heterocycles. The largest absolute Gasteiger partial charge is 0.481 e. The molecule has 1 aliphatic rings. The second-order valence-electron chi connectivity index (χ2n) is 13.2. The number of carbonyl (C=O) groups excluding carboxylic acids is 2. The molecule has 1 amide bonds. The lowest BCUT2D eigenvalue weighted by atomic mass is 9.91. The van der Waals surface area contributed by atoms with E-state index < -0.39 is 77.7 Å². The van der Waals surface area contributed by atoms with Crippen LogP contribution in [0.15, 0.2) is 73.1 Å². The first-order chi connectivity index (χ1) is 27.5. The average molecular weight is 819 g/mol. The van der Waals surface area contributed by atoms with Crippen molar-refractivity contribution in [2.75, 3.05) is 23.9 Å². The maximum Gasteiger partial charge on any atom is 0.416 e. The number of carboxylic acid groups (broad SMARTS) is 1. The summed E-state index contributed by atoms with van der Waals surface area (Å²) < 4.78 is 101. The fraction of sp³-hybridized carbons (Fsp3) is 0.385. The molecule has 1 aliphatic heterocycles. The van der Waals surface area contributed by atoms with Crippen molar-refractivity contribution < 1.29 is 60.0 Å². The van der Waals surface area contributed by atoms with E-state index in [-0.39, 0.29) is 60.9 Å². The maximum absolute atomic E-state index is 14.1. The SMILES string of the molecule is CCOC(=O)N1c2ccc(OC)nc2[C@@H](NC(c2cc(C(F)(F)F)cc(C(F)(F)F)c2)c2ncc(NC(CCC(=O)O)C(=O)OCc3ccccc3)cn2)C[C@H]1CC. The Morgan fingerprint density at radius 1 is 0.931 bits per heavy atom. The maximum atomic E-state index is 14.1. The van der Waals surface area contributed by atoms with Gasteiger partial charge in [0.1, 0.15) is 18.5 Å². The molecule has 5 rings (SSSR count). The molecule has 4 aromatic rings. The van der Waals surface area contributed by atoms with E-state index in [2.05, 4.69) is 25.6 Å². The van der Waals surface area contributed by atoms with Gasteiger partial charge >= 0.3 is 30.4 Å². The third kappa shape index (κ3) is 10.7. The quantitative estimate of drug-likeness (QED) is 0.0787. The van der Waals surface area contributed by atoms with Crippen molar-refractivity contribution in [2.24, 2.45) is 0 Å². The van der Waals surface area contributed by atoms with E-state index in [1.54, 1.807) is 50.2 Å². The summed E-state index contributed by atoms with van der Waals surface area (Å²) in [5.74, 6) is -2.13. The third-order valence-corrected chi connectivity index (χ3v) is 9.22. The van der Waals surface area contributed by atoms with Crippen LogP contribution in [-0.2, 0) is 38.0 Å². The Balaban J connectivity index is 1.56. The summed E-state index contributed by atoms with van der Waals surface area (Å²) >= 11 is 0. The summed E-state index contributed by atoms with van der Waals surface area (Å²) in [6.45, 7) is 3.38. The standard InChI is InChI=1S/C39H40F6N6O7/c1-4-27-18-29(34-30(12-13-31(50-34)56-3)51(27)37(55)57-5-2)49-33(23-15-24(38(40,41)42)17-25(16-23)39(43,44)45)35-46-19-26(20-47-35)48-28(11-14-32(52)53)36(54)58-21-22-9-7-6-8-10-22/h6-10,12-13,15-17,19-20,27-29,33,48-49H,4-5,11,14,18,21H2,1-3H3,(H,52,53)/t27-,28?,29+,33?/m1/s1. The van der Waals surface area contributed by atoms with Crippen molar-refractivity contribution in [1.29, 1.82) is 0 Å². The van der Waals surface area contributed by atoms with Crippen molar-refractivity contribution in [3.05, 3.63) is 107 Å². The van der Waals surface area contributed by atoms with Crippen molar-refractivity contribution in [2.45, 2.75) is 82.7 Å². The van der Waals surface area contributed by atoms with Crippen LogP contribution in [0.3, 0.4) is 0 Å². The van der Waals surface area contributed by atoms with Crippen LogP contribution < -0.4 is 20.3 Å². The highest BCUT2D eigenvalue weighted by atomic mass is 19.4. The molecule has 58 heavy (non-hydrogen) atoms. The van der Waals surface area contributed by atoms with Gasteiger partial charge in [0.05, 0.1) is 66.4 Å². The van der Waals surface area contributed by atoms with Crippen molar-refractivity contribution >= 4 is 29.4 Å². The van der Waals surface area contributed by atoms with Crippen molar-refractivity contribution in [3.8, 4) is 5.88 Å². The van der Waals surface area contributed by atoms with Gasteiger partial charge in [-0.25, -0.2) is 24.5 Å². The number of methoxy groups -OCH3 is 1. The molecule has 2 aromatic heterocycles. The summed E-state index contributed by atoms with van der Waals surface area (Å²) in [4.78, 5) is 52.2. The van der Waals surface area contributed by atoms with Gasteiger partial charge in [0.15, 0.2) is 0 Å². The number of halogens is 6. The number of aliphatic carboxylic acids is 1. The Morgan fingerprint density at radius 3 is 2.16 bits per heavy atom. The van der Waals surface area contributed by atoms with Gasteiger partial charge in [0.2, 0.25) is 5.88 Å². The van der Waals surface area contributed by atoms with Gasteiger partial charge in [0, 0.05) is 18.5 Å². The molecule has 2 aromatic carbocycles. The molecule has 19 heteroatoms. The summed E-state index contributed by atoms with van der Waals surface area (Å²) in [5.41, 5.74) is -2.41. The van der Waals surface area contributed by atoms with Crippen LogP contribution in [0.5, 0.6) is 5.88 Å². The molecule has 0 spiro atoms. The Morgan fingerprint density at radius 2 is 1.59 bits per heavy atom. The summed E-state index contributed by atoms with van der Waals surface area (Å²) in [5, 5.41) is 15.3. The molecule has 0 aliphatic carbocycles. The first-order valence-electron chi connectivity index (χ1n) is 18.1. The number of carbonyl (C=O) groups is 3. The number of pyridine rings is 1. The van der Waals surface area contributed by atoms with Crippen LogP contribution in [0.2, 0.25) is 0 Å². The fourth-order valence-electron chi connectivity index (χ4n) is 6.42. The second kappa shape index (κ2) is 18.5. The minimum atomic E-state index is -5.17. The van der Waals surface area contributed by atoms with E-state index in [1.807, 2.05) is 0 Å². The van der Waals surface area contributed by atoms with Gasteiger partial charge in [-0.15, -0.1) is 0 Å². The van der Waals surface area contributed by atoms with E-state index in [4.69, 9.17) is 14.2 Å². The van der Waals surface area contributed by atoms with Crippen LogP contribution >= 0.6 is 0 Å². The van der Waals surface area contributed by atoms with Crippen LogP contribution in [0.25, 0.3) is 0 Å². The lowest BCUT2D eigenvalue weighted by molar-refractivity contribution is -0.146. The second-order valence-corrected chi connectivity index (χ2v) is 13.2. The zero-order valence-electron chi connectivity index (χ0n) is 31.4. The van der Waals surface area contributed by atoms with Crippen molar-refractivity contribution in [3.63, 3.8) is 0 Å². The number of carboxylic acids is 1. The number of fused-ring (bicyclic) bond motifs is 1. The molecule has 0 saturated carbocycles. The Hall–Kier alpha value is -5.98. The number of amides is 1. The number of benzene rings is 2. The molecule has 310 valence electrons.